The molecule has 0 aliphatic heterocycles. The molecule has 0 saturated carbocycles. The number of hydrogen-bond acceptors (Lipinski definition) is 5. The van der Waals surface area contributed by atoms with Crippen molar-refractivity contribution in [2.45, 2.75) is 15.0 Å². The number of nitrogens with zero attached hydrogens (tertiary/aromatic N) is 2. The second-order valence-electron chi connectivity index (χ2n) is 5.42. The minimum absolute atomic E-state index is 0.00441. The van der Waals surface area contributed by atoms with E-state index in [0.717, 1.165) is 4.68 Å². The first-order valence-corrected chi connectivity index (χ1v) is 10.4. The lowest BCUT2D eigenvalue weighted by atomic mass is 10.2. The zero-order valence-electron chi connectivity index (χ0n) is 14.2. The van der Waals surface area contributed by atoms with Gasteiger partial charge in [0.25, 0.3) is 0 Å². The standard InChI is InChI=1S/C14H11Cl4F4N3O3S/c1-28-3-2-23-12-10(29(26,27)14(17,18)22)6-24-25(12)11-8(15)4-7(5-9(11)16)13(19,20)21/h4-6,23H,2-3H2,1H3. The van der Waals surface area contributed by atoms with E-state index in [2.05, 4.69) is 10.4 Å². The molecule has 29 heavy (non-hydrogen) atoms. The van der Waals surface area contributed by atoms with Gasteiger partial charge in [0.1, 0.15) is 16.4 Å². The highest BCUT2D eigenvalue weighted by Gasteiger charge is 2.45. The summed E-state index contributed by atoms with van der Waals surface area (Å²) in [6, 6.07) is 1.17. The lowest BCUT2D eigenvalue weighted by Crippen LogP contribution is -2.23. The van der Waals surface area contributed by atoms with Crippen molar-refractivity contribution in [3.63, 3.8) is 0 Å². The van der Waals surface area contributed by atoms with Crippen LogP contribution in [-0.4, -0.2) is 42.4 Å². The van der Waals surface area contributed by atoms with Crippen LogP contribution >= 0.6 is 46.4 Å². The molecule has 162 valence electrons. The molecule has 0 saturated heterocycles. The highest BCUT2D eigenvalue weighted by atomic mass is 35.5. The van der Waals surface area contributed by atoms with Gasteiger partial charge in [-0.25, -0.2) is 13.1 Å². The van der Waals surface area contributed by atoms with Gasteiger partial charge in [-0.05, 0) is 35.3 Å². The third-order valence-corrected chi connectivity index (χ3v) is 6.77. The number of halogens is 8. The van der Waals surface area contributed by atoms with E-state index < -0.39 is 40.4 Å². The topological polar surface area (TPSA) is 73.2 Å². The Bertz CT molecular complexity index is 984. The van der Waals surface area contributed by atoms with Crippen LogP contribution in [0.15, 0.2) is 23.2 Å². The Balaban J connectivity index is 2.71. The van der Waals surface area contributed by atoms with Gasteiger partial charge in [-0.2, -0.15) is 22.7 Å². The summed E-state index contributed by atoms with van der Waals surface area (Å²) < 4.78 is 79.3. The summed E-state index contributed by atoms with van der Waals surface area (Å²) in [7, 11) is -3.61. The van der Waals surface area contributed by atoms with Crippen LogP contribution in [0.2, 0.25) is 10.0 Å². The Labute approximate surface area is 182 Å². The second kappa shape index (κ2) is 8.64. The summed E-state index contributed by atoms with van der Waals surface area (Å²) in [5, 5.41) is 5.39. The molecule has 0 spiro atoms. The van der Waals surface area contributed by atoms with Crippen molar-refractivity contribution in [1.82, 2.24) is 9.78 Å². The first kappa shape index (κ1) is 24.3. The van der Waals surface area contributed by atoms with Crippen LogP contribution in [-0.2, 0) is 20.8 Å². The maximum atomic E-state index is 13.9. The average molecular weight is 519 g/mol. The van der Waals surface area contributed by atoms with E-state index in [1.165, 1.54) is 7.11 Å². The number of benzene rings is 1. The molecule has 0 bridgehead atoms. The van der Waals surface area contributed by atoms with Gasteiger partial charge >= 0.3 is 10.1 Å². The zero-order chi connectivity index (χ0) is 22.2. The van der Waals surface area contributed by atoms with Crippen LogP contribution in [0.3, 0.4) is 0 Å². The van der Waals surface area contributed by atoms with E-state index in [0.29, 0.717) is 18.3 Å². The van der Waals surface area contributed by atoms with Gasteiger partial charge in [-0.1, -0.05) is 23.2 Å². The number of aromatic nitrogens is 2. The van der Waals surface area contributed by atoms with Crippen molar-refractivity contribution in [2.24, 2.45) is 0 Å². The van der Waals surface area contributed by atoms with Crippen molar-refractivity contribution in [1.29, 1.82) is 0 Å². The molecular weight excluding hydrogens is 508 g/mol. The minimum atomic E-state index is -4.98. The van der Waals surface area contributed by atoms with Gasteiger partial charge in [-0.3, -0.25) is 0 Å². The van der Waals surface area contributed by atoms with E-state index in [9.17, 15) is 26.0 Å². The van der Waals surface area contributed by atoms with Crippen molar-refractivity contribution >= 4 is 62.1 Å². The molecule has 1 aromatic carbocycles. The fraction of sp³-hybridized carbons (Fsp3) is 0.357. The molecular formula is C14H11Cl4F4N3O3S. The molecule has 2 rings (SSSR count). The summed E-state index contributed by atoms with van der Waals surface area (Å²) in [6.45, 7) is 0.0894. The van der Waals surface area contributed by atoms with Crippen LogP contribution in [0, 0.1) is 0 Å². The van der Waals surface area contributed by atoms with E-state index in [4.69, 9.17) is 51.1 Å². The number of rotatable bonds is 7. The smallest absolute Gasteiger partial charge is 0.383 e. The second-order valence-corrected chi connectivity index (χ2v) is 9.93. The Morgan fingerprint density at radius 2 is 1.72 bits per heavy atom. The molecule has 2 aromatic rings. The number of anilines is 1. The normalized spacial score (nSPS) is 13.0. The van der Waals surface area contributed by atoms with Gasteiger partial charge < -0.3 is 10.1 Å². The lowest BCUT2D eigenvalue weighted by molar-refractivity contribution is -0.137. The maximum Gasteiger partial charge on any atom is 0.416 e. The number of ether oxygens (including phenoxy) is 1. The fourth-order valence-corrected chi connectivity index (χ4v) is 4.18. The number of nitrogens with one attached hydrogen (secondary N) is 1. The van der Waals surface area contributed by atoms with E-state index in [1.807, 2.05) is 0 Å². The Morgan fingerprint density at radius 3 is 2.17 bits per heavy atom. The molecule has 0 unspecified atom stereocenters. The molecule has 15 heteroatoms. The van der Waals surface area contributed by atoms with Crippen molar-refractivity contribution in [3.05, 3.63) is 33.9 Å². The zero-order valence-corrected chi connectivity index (χ0v) is 18.0. The molecule has 0 aliphatic rings. The highest BCUT2D eigenvalue weighted by Crippen LogP contribution is 2.42. The largest absolute Gasteiger partial charge is 0.416 e. The van der Waals surface area contributed by atoms with Gasteiger partial charge in [0.15, 0.2) is 0 Å². The van der Waals surface area contributed by atoms with E-state index >= 15 is 0 Å². The summed E-state index contributed by atoms with van der Waals surface area (Å²) in [4.78, 5) is -0.770. The molecule has 0 aliphatic carbocycles. The monoisotopic (exact) mass is 517 g/mol. The minimum Gasteiger partial charge on any atom is -0.383 e. The Hall–Kier alpha value is -0.980. The van der Waals surface area contributed by atoms with E-state index in [1.54, 1.807) is 0 Å². The number of alkyl halides is 6. The van der Waals surface area contributed by atoms with Crippen LogP contribution in [0.4, 0.5) is 23.4 Å². The number of sulfone groups is 1. The van der Waals surface area contributed by atoms with E-state index in [-0.39, 0.29) is 24.7 Å². The molecule has 0 radical (unpaired) electrons. The molecule has 1 heterocycles. The van der Waals surface area contributed by atoms with Crippen molar-refractivity contribution in [3.8, 4) is 5.69 Å². The molecule has 0 fully saturated rings. The molecule has 6 nitrogen and oxygen atoms in total. The van der Waals surface area contributed by atoms with Crippen LogP contribution in [0.5, 0.6) is 0 Å². The van der Waals surface area contributed by atoms with Crippen molar-refractivity contribution in [2.75, 3.05) is 25.6 Å². The first-order valence-electron chi connectivity index (χ1n) is 7.40. The SMILES string of the molecule is COCCNc1c(S(=O)(=O)C(F)(Cl)Cl)cnn1-c1c(Cl)cc(C(F)(F)F)cc1Cl. The van der Waals surface area contributed by atoms with Crippen LogP contribution in [0.25, 0.3) is 5.69 Å². The quantitative estimate of drug-likeness (QED) is 0.314. The molecule has 0 amide bonds. The number of hydrogen-bond donors (Lipinski definition) is 1. The van der Waals surface area contributed by atoms with Gasteiger partial charge in [0.05, 0.1) is 28.4 Å². The third-order valence-electron chi connectivity index (χ3n) is 3.48. The summed E-state index contributed by atoms with van der Waals surface area (Å²) in [5.41, 5.74) is -1.41. The van der Waals surface area contributed by atoms with Gasteiger partial charge in [0, 0.05) is 13.7 Å². The predicted octanol–water partition coefficient (Wildman–Crippen LogP) is 5.09. The number of methoxy groups -OCH3 is 1. The summed E-state index contributed by atoms with van der Waals surface area (Å²) in [5.74, 6) is -0.381. The molecule has 1 N–H and O–H groups in total. The van der Waals surface area contributed by atoms with Crippen LogP contribution in [0.1, 0.15) is 5.56 Å². The van der Waals surface area contributed by atoms with Gasteiger partial charge in [0.2, 0.25) is 9.84 Å². The Kier molecular flexibility index (Phi) is 7.24. The summed E-state index contributed by atoms with van der Waals surface area (Å²) in [6.07, 6.45) is -4.02. The molecule has 1 aromatic heterocycles. The average Bonchev–Trinajstić information content (AvgIpc) is 2.97. The molecule has 0 atom stereocenters. The fourth-order valence-electron chi connectivity index (χ4n) is 2.19. The lowest BCUT2D eigenvalue weighted by Gasteiger charge is -2.17. The highest BCUT2D eigenvalue weighted by molar-refractivity contribution is 7.95. The third kappa shape index (κ3) is 5.02. The Morgan fingerprint density at radius 1 is 1.17 bits per heavy atom. The predicted molar refractivity (Wildman–Crippen MR) is 102 cm³/mol. The van der Waals surface area contributed by atoms with Gasteiger partial charge in [-0.15, -0.1) is 0 Å². The van der Waals surface area contributed by atoms with Crippen molar-refractivity contribution < 1.29 is 30.7 Å². The maximum absolute atomic E-state index is 13.9. The summed E-state index contributed by atoms with van der Waals surface area (Å²) >= 11 is 22.1. The first-order chi connectivity index (χ1) is 13.2. The van der Waals surface area contributed by atoms with Crippen LogP contribution < -0.4 is 5.32 Å².